The zero-order valence-electron chi connectivity index (χ0n) is 11.8. The van der Waals surface area contributed by atoms with Gasteiger partial charge in [0.2, 0.25) is 5.91 Å². The Kier molecular flexibility index (Phi) is 44.2. The largest absolute Gasteiger partial charge is 0.469 e. The first-order chi connectivity index (χ1) is 7.37. The lowest BCUT2D eigenvalue weighted by atomic mass is 10.6. The third-order valence-corrected chi connectivity index (χ3v) is 0.640. The molecule has 0 heterocycles. The predicted molar refractivity (Wildman–Crippen MR) is 66.3 cm³/mol. The number of ether oxygens (including phenoxy) is 2. The maximum atomic E-state index is 9.70. The van der Waals surface area contributed by atoms with E-state index in [9.17, 15) is 9.59 Å². The summed E-state index contributed by atoms with van der Waals surface area (Å²) in [5.74, 6) is -0.241. The number of hydrogen-bond acceptors (Lipinski definition) is 4. The summed E-state index contributed by atoms with van der Waals surface area (Å²) in [6.07, 6.45) is 1.25. The van der Waals surface area contributed by atoms with Gasteiger partial charge in [-0.2, -0.15) is 0 Å². The predicted octanol–water partition coefficient (Wildman–Crippen LogP) is 1.61. The Bertz CT molecular complexity index is 122. The van der Waals surface area contributed by atoms with Crippen molar-refractivity contribution in [2.75, 3.05) is 28.4 Å². The van der Waals surface area contributed by atoms with Gasteiger partial charge in [-0.15, -0.1) is 0 Å². The Morgan fingerprint density at radius 3 is 1.19 bits per heavy atom. The maximum Gasteiger partial charge on any atom is 0.302 e. The molecule has 0 fully saturated rings. The molecule has 0 rings (SSSR count). The highest BCUT2D eigenvalue weighted by Crippen LogP contribution is 1.60. The van der Waals surface area contributed by atoms with Crippen LogP contribution in [-0.2, 0) is 19.1 Å². The smallest absolute Gasteiger partial charge is 0.302 e. The van der Waals surface area contributed by atoms with Crippen LogP contribution in [0.15, 0.2) is 0 Å². The van der Waals surface area contributed by atoms with Crippen LogP contribution >= 0.6 is 0 Å². The number of rotatable bonds is 0. The fourth-order valence-corrected chi connectivity index (χ4v) is 0. The first-order valence-electron chi connectivity index (χ1n) is 5.00. The van der Waals surface area contributed by atoms with Crippen LogP contribution in [0.1, 0.15) is 34.1 Å². The fourth-order valence-electron chi connectivity index (χ4n) is 0. The number of carbonyl (C=O) groups is 2. The molecule has 0 spiro atoms. The van der Waals surface area contributed by atoms with Gasteiger partial charge < -0.3 is 14.8 Å². The molecular weight excluding hydrogens is 210 g/mol. The second-order valence-electron chi connectivity index (χ2n) is 2.62. The Hall–Kier alpha value is -1.10. The monoisotopic (exact) mass is 237 g/mol. The van der Waals surface area contributed by atoms with Crippen molar-refractivity contribution in [1.29, 1.82) is 0 Å². The molecule has 100 valence electrons. The molecule has 0 aromatic carbocycles. The molecule has 0 saturated heterocycles. The van der Waals surface area contributed by atoms with E-state index in [1.54, 1.807) is 21.3 Å². The lowest BCUT2D eigenvalue weighted by molar-refractivity contribution is -0.137. The zero-order valence-corrected chi connectivity index (χ0v) is 11.8. The molecular formula is C11H27NO4. The molecule has 5 heteroatoms. The molecule has 0 aromatic heterocycles. The van der Waals surface area contributed by atoms with Crippen molar-refractivity contribution in [3.05, 3.63) is 0 Å². The third kappa shape index (κ3) is 217. The SMILES string of the molecule is CCC.CNC(C)=O.COC.COC(C)=O. The summed E-state index contributed by atoms with van der Waals surface area (Å²) < 4.78 is 8.36. The van der Waals surface area contributed by atoms with Gasteiger partial charge >= 0.3 is 5.97 Å². The molecule has 0 bridgehead atoms. The molecule has 1 N–H and O–H groups in total. The molecule has 0 aliphatic rings. The van der Waals surface area contributed by atoms with Gasteiger partial charge in [0.05, 0.1) is 7.11 Å². The summed E-state index contributed by atoms with van der Waals surface area (Å²) in [5.41, 5.74) is 0. The van der Waals surface area contributed by atoms with Crippen LogP contribution < -0.4 is 5.32 Å². The molecule has 0 saturated carbocycles. The lowest BCUT2D eigenvalue weighted by Gasteiger charge is -1.80. The Morgan fingerprint density at radius 1 is 1.06 bits per heavy atom. The van der Waals surface area contributed by atoms with Crippen LogP contribution in [-0.4, -0.2) is 40.3 Å². The molecule has 0 aliphatic carbocycles. The van der Waals surface area contributed by atoms with Gasteiger partial charge in [-0.25, -0.2) is 0 Å². The van der Waals surface area contributed by atoms with Crippen LogP contribution in [0.25, 0.3) is 0 Å². The summed E-state index contributed by atoms with van der Waals surface area (Å²) in [7, 11) is 6.20. The van der Waals surface area contributed by atoms with Crippen LogP contribution in [0.3, 0.4) is 0 Å². The van der Waals surface area contributed by atoms with E-state index in [4.69, 9.17) is 0 Å². The molecule has 0 atom stereocenters. The van der Waals surface area contributed by atoms with Crippen LogP contribution in [0.4, 0.5) is 0 Å². The molecule has 0 unspecified atom stereocenters. The molecule has 0 radical (unpaired) electrons. The van der Waals surface area contributed by atoms with Gasteiger partial charge in [-0.05, 0) is 0 Å². The lowest BCUT2D eigenvalue weighted by Crippen LogP contribution is -2.11. The summed E-state index contributed by atoms with van der Waals surface area (Å²) >= 11 is 0. The average molecular weight is 237 g/mol. The standard InChI is InChI=1S/C3H7NO.C3H6O2.C3H8.C2H6O/c1-3(5)4-2;1-3(4)5-2;2*1-3-2/h1-2H3,(H,4,5);1-2H3;3H2,1-2H3;1-2H3. The van der Waals surface area contributed by atoms with Crippen molar-refractivity contribution >= 4 is 11.9 Å². The van der Waals surface area contributed by atoms with E-state index in [0.29, 0.717) is 0 Å². The number of nitrogens with one attached hydrogen (secondary N) is 1. The zero-order chi connectivity index (χ0) is 14.0. The number of methoxy groups -OCH3 is 2. The van der Waals surface area contributed by atoms with Gasteiger partial charge in [0.1, 0.15) is 0 Å². The minimum absolute atomic E-state index is 0.00463. The van der Waals surface area contributed by atoms with Gasteiger partial charge in [-0.1, -0.05) is 20.3 Å². The highest BCUT2D eigenvalue weighted by Gasteiger charge is 1.75. The third-order valence-electron chi connectivity index (χ3n) is 0.640. The van der Waals surface area contributed by atoms with E-state index < -0.39 is 0 Å². The summed E-state index contributed by atoms with van der Waals surface area (Å²) in [5, 5.41) is 2.39. The van der Waals surface area contributed by atoms with E-state index in [-0.39, 0.29) is 11.9 Å². The minimum atomic E-state index is -0.245. The van der Waals surface area contributed by atoms with Crippen molar-refractivity contribution in [3.8, 4) is 0 Å². The Balaban J connectivity index is -0.0000000621. The molecule has 5 nitrogen and oxygen atoms in total. The van der Waals surface area contributed by atoms with Crippen molar-refractivity contribution in [3.63, 3.8) is 0 Å². The normalized spacial score (nSPS) is 6.50. The van der Waals surface area contributed by atoms with E-state index in [2.05, 4.69) is 28.6 Å². The summed E-state index contributed by atoms with van der Waals surface area (Å²) in [6.45, 7) is 7.08. The number of carbonyl (C=O) groups excluding carboxylic acids is 2. The van der Waals surface area contributed by atoms with Gasteiger partial charge in [0.15, 0.2) is 0 Å². The quantitative estimate of drug-likeness (QED) is 0.650. The summed E-state index contributed by atoms with van der Waals surface area (Å²) in [4.78, 5) is 19.3. The number of esters is 1. The number of amides is 1. The van der Waals surface area contributed by atoms with E-state index in [0.717, 1.165) is 0 Å². The van der Waals surface area contributed by atoms with Gasteiger partial charge in [0, 0.05) is 35.1 Å². The first kappa shape index (κ1) is 24.2. The van der Waals surface area contributed by atoms with Crippen molar-refractivity contribution in [2.45, 2.75) is 34.1 Å². The van der Waals surface area contributed by atoms with Crippen LogP contribution in [0, 0.1) is 0 Å². The average Bonchev–Trinajstić information content (AvgIpc) is 2.21. The first-order valence-corrected chi connectivity index (χ1v) is 5.00. The van der Waals surface area contributed by atoms with Gasteiger partial charge in [-0.3, -0.25) is 9.59 Å². The number of hydrogen-bond donors (Lipinski definition) is 1. The Morgan fingerprint density at radius 2 is 1.19 bits per heavy atom. The van der Waals surface area contributed by atoms with Crippen LogP contribution in [0.2, 0.25) is 0 Å². The van der Waals surface area contributed by atoms with E-state index in [1.807, 2.05) is 0 Å². The molecule has 0 aromatic rings. The maximum absolute atomic E-state index is 9.70. The highest BCUT2D eigenvalue weighted by molar-refractivity contribution is 5.72. The topological polar surface area (TPSA) is 64.6 Å². The molecule has 0 aliphatic heterocycles. The van der Waals surface area contributed by atoms with Gasteiger partial charge in [0.25, 0.3) is 0 Å². The second-order valence-corrected chi connectivity index (χ2v) is 2.62. The van der Waals surface area contributed by atoms with Crippen molar-refractivity contribution in [1.82, 2.24) is 5.32 Å². The minimum Gasteiger partial charge on any atom is -0.469 e. The second kappa shape index (κ2) is 29.2. The van der Waals surface area contributed by atoms with E-state index in [1.165, 1.54) is 27.4 Å². The van der Waals surface area contributed by atoms with E-state index >= 15 is 0 Å². The Labute approximate surface area is 99.5 Å². The van der Waals surface area contributed by atoms with Crippen molar-refractivity contribution < 1.29 is 19.1 Å². The molecule has 16 heavy (non-hydrogen) atoms. The highest BCUT2D eigenvalue weighted by atomic mass is 16.5. The fraction of sp³-hybridized carbons (Fsp3) is 0.818. The van der Waals surface area contributed by atoms with Crippen LogP contribution in [0.5, 0.6) is 0 Å². The van der Waals surface area contributed by atoms with Crippen molar-refractivity contribution in [2.24, 2.45) is 0 Å². The summed E-state index contributed by atoms with van der Waals surface area (Å²) in [6, 6.07) is 0. The molecule has 1 amide bonds.